The first kappa shape index (κ1) is 18.1. The molecule has 1 aromatic heterocycles. The van der Waals surface area contributed by atoms with E-state index in [0.29, 0.717) is 5.56 Å². The summed E-state index contributed by atoms with van der Waals surface area (Å²) in [6, 6.07) is 4.57. The van der Waals surface area contributed by atoms with Crippen LogP contribution in [-0.2, 0) is 10.2 Å². The Hall–Kier alpha value is -2.28. The second-order valence-corrected chi connectivity index (χ2v) is 6.64. The van der Waals surface area contributed by atoms with E-state index in [4.69, 9.17) is 4.52 Å². The molecule has 0 bridgehead atoms. The molecular weight excluding hydrogens is 316 g/mol. The fourth-order valence-electron chi connectivity index (χ4n) is 2.08. The van der Waals surface area contributed by atoms with E-state index >= 15 is 0 Å². The van der Waals surface area contributed by atoms with E-state index in [1.54, 1.807) is 13.0 Å². The van der Waals surface area contributed by atoms with Gasteiger partial charge < -0.3 is 9.84 Å². The Morgan fingerprint density at radius 2 is 2.00 bits per heavy atom. The molecule has 0 saturated heterocycles. The van der Waals surface area contributed by atoms with Crippen LogP contribution >= 0.6 is 0 Å². The molecule has 5 nitrogen and oxygen atoms in total. The molecule has 0 spiro atoms. The molecule has 130 valence electrons. The Balaban J connectivity index is 1.90. The molecule has 1 aromatic carbocycles. The van der Waals surface area contributed by atoms with Crippen LogP contribution in [0.25, 0.3) is 0 Å². The van der Waals surface area contributed by atoms with Gasteiger partial charge in [0, 0.05) is 29.2 Å². The third-order valence-electron chi connectivity index (χ3n) is 3.54. The van der Waals surface area contributed by atoms with Crippen molar-refractivity contribution >= 4 is 11.8 Å². The van der Waals surface area contributed by atoms with E-state index in [9.17, 15) is 13.6 Å². The number of rotatable bonds is 5. The summed E-state index contributed by atoms with van der Waals surface area (Å²) >= 11 is 0. The standard InChI is InChI=1S/C17H21F2N3O2/c1-10(12-6-5-11(18)7-13(12)19)20-9-15(23)21-16-8-14(22-24-16)17(2,3)4/h5-8,10,20H,9H2,1-4H3,(H,21,23)/t10-/m1/s1. The van der Waals surface area contributed by atoms with E-state index in [0.717, 1.165) is 11.8 Å². The number of hydrogen-bond acceptors (Lipinski definition) is 4. The normalized spacial score (nSPS) is 12.9. The Kier molecular flexibility index (Phi) is 5.33. The molecule has 1 heterocycles. The minimum absolute atomic E-state index is 0.0520. The Morgan fingerprint density at radius 3 is 2.58 bits per heavy atom. The molecule has 2 rings (SSSR count). The minimum Gasteiger partial charge on any atom is -0.338 e. The zero-order valence-corrected chi connectivity index (χ0v) is 14.1. The molecule has 0 unspecified atom stereocenters. The highest BCUT2D eigenvalue weighted by Gasteiger charge is 2.20. The second-order valence-electron chi connectivity index (χ2n) is 6.64. The van der Waals surface area contributed by atoms with Gasteiger partial charge in [-0.1, -0.05) is 32.0 Å². The number of nitrogens with zero attached hydrogens (tertiary/aromatic N) is 1. The summed E-state index contributed by atoms with van der Waals surface area (Å²) in [4.78, 5) is 11.9. The van der Waals surface area contributed by atoms with Crippen LogP contribution in [0.5, 0.6) is 0 Å². The van der Waals surface area contributed by atoms with Crippen LogP contribution in [0.2, 0.25) is 0 Å². The molecule has 0 saturated carbocycles. The van der Waals surface area contributed by atoms with Gasteiger partial charge in [0.05, 0.1) is 12.2 Å². The Morgan fingerprint density at radius 1 is 1.29 bits per heavy atom. The monoisotopic (exact) mass is 337 g/mol. The van der Waals surface area contributed by atoms with Gasteiger partial charge in [-0.15, -0.1) is 0 Å². The lowest BCUT2D eigenvalue weighted by Gasteiger charge is -2.14. The van der Waals surface area contributed by atoms with Crippen molar-refractivity contribution in [1.29, 1.82) is 0 Å². The average molecular weight is 337 g/mol. The lowest BCUT2D eigenvalue weighted by molar-refractivity contribution is -0.115. The van der Waals surface area contributed by atoms with Gasteiger partial charge in [0.1, 0.15) is 11.6 Å². The SMILES string of the molecule is C[C@@H](NCC(=O)Nc1cc(C(C)(C)C)no1)c1ccc(F)cc1F. The van der Waals surface area contributed by atoms with E-state index < -0.39 is 17.7 Å². The van der Waals surface area contributed by atoms with Crippen molar-refractivity contribution in [2.45, 2.75) is 39.2 Å². The van der Waals surface area contributed by atoms with Gasteiger partial charge in [-0.3, -0.25) is 10.1 Å². The summed E-state index contributed by atoms with van der Waals surface area (Å²) in [6.45, 7) is 7.59. The van der Waals surface area contributed by atoms with Crippen molar-refractivity contribution in [3.8, 4) is 0 Å². The number of anilines is 1. The summed E-state index contributed by atoms with van der Waals surface area (Å²) in [5.41, 5.74) is 0.839. The first-order chi connectivity index (χ1) is 11.2. The molecule has 1 atom stereocenters. The molecular formula is C17H21F2N3O2. The first-order valence-corrected chi connectivity index (χ1v) is 7.62. The van der Waals surface area contributed by atoms with Crippen LogP contribution in [0.3, 0.4) is 0 Å². The number of halogens is 2. The van der Waals surface area contributed by atoms with Gasteiger partial charge in [0.25, 0.3) is 0 Å². The molecule has 0 aliphatic heterocycles. The summed E-state index contributed by atoms with van der Waals surface area (Å²) < 4.78 is 31.7. The van der Waals surface area contributed by atoms with Crippen molar-refractivity contribution in [3.05, 3.63) is 47.2 Å². The fraction of sp³-hybridized carbons (Fsp3) is 0.412. The van der Waals surface area contributed by atoms with E-state index in [1.165, 1.54) is 12.1 Å². The lowest BCUT2D eigenvalue weighted by atomic mass is 9.92. The maximum Gasteiger partial charge on any atom is 0.240 e. The maximum absolute atomic E-state index is 13.7. The summed E-state index contributed by atoms with van der Waals surface area (Å²) in [7, 11) is 0. The van der Waals surface area contributed by atoms with Crippen molar-refractivity contribution in [3.63, 3.8) is 0 Å². The van der Waals surface area contributed by atoms with Crippen molar-refractivity contribution < 1.29 is 18.1 Å². The van der Waals surface area contributed by atoms with E-state index in [1.807, 2.05) is 20.8 Å². The third-order valence-corrected chi connectivity index (χ3v) is 3.54. The van der Waals surface area contributed by atoms with Crippen molar-refractivity contribution in [1.82, 2.24) is 10.5 Å². The molecule has 2 aromatic rings. The highest BCUT2D eigenvalue weighted by Crippen LogP contribution is 2.23. The zero-order valence-electron chi connectivity index (χ0n) is 14.1. The predicted molar refractivity (Wildman–Crippen MR) is 86.6 cm³/mol. The molecule has 1 amide bonds. The Labute approximate surface area is 139 Å². The maximum atomic E-state index is 13.7. The molecule has 0 aliphatic carbocycles. The van der Waals surface area contributed by atoms with E-state index in [2.05, 4.69) is 15.8 Å². The minimum atomic E-state index is -0.652. The van der Waals surface area contributed by atoms with Crippen LogP contribution in [-0.4, -0.2) is 17.6 Å². The average Bonchev–Trinajstić information content (AvgIpc) is 2.93. The smallest absolute Gasteiger partial charge is 0.240 e. The molecule has 2 N–H and O–H groups in total. The van der Waals surface area contributed by atoms with Gasteiger partial charge in [-0.25, -0.2) is 8.78 Å². The topological polar surface area (TPSA) is 67.2 Å². The first-order valence-electron chi connectivity index (χ1n) is 7.62. The van der Waals surface area contributed by atoms with Crippen LogP contribution in [0, 0.1) is 11.6 Å². The quantitative estimate of drug-likeness (QED) is 0.876. The predicted octanol–water partition coefficient (Wildman–Crippen LogP) is 3.54. The van der Waals surface area contributed by atoms with Crippen molar-refractivity contribution in [2.75, 3.05) is 11.9 Å². The summed E-state index contributed by atoms with van der Waals surface area (Å²) in [6.07, 6.45) is 0. The van der Waals surface area contributed by atoms with Crippen LogP contribution in [0.15, 0.2) is 28.8 Å². The van der Waals surface area contributed by atoms with Gasteiger partial charge in [0.15, 0.2) is 0 Å². The Bertz CT molecular complexity index is 723. The van der Waals surface area contributed by atoms with Gasteiger partial charge >= 0.3 is 0 Å². The van der Waals surface area contributed by atoms with Gasteiger partial charge in [-0.05, 0) is 13.0 Å². The fourth-order valence-corrected chi connectivity index (χ4v) is 2.08. The molecule has 7 heteroatoms. The molecule has 24 heavy (non-hydrogen) atoms. The highest BCUT2D eigenvalue weighted by atomic mass is 19.1. The largest absolute Gasteiger partial charge is 0.338 e. The molecule has 0 fully saturated rings. The summed E-state index contributed by atoms with van der Waals surface area (Å²) in [5.74, 6) is -1.38. The second kappa shape index (κ2) is 7.09. The molecule has 0 aliphatic rings. The number of amides is 1. The third kappa shape index (κ3) is 4.61. The van der Waals surface area contributed by atoms with Crippen LogP contribution in [0.1, 0.15) is 45.0 Å². The summed E-state index contributed by atoms with van der Waals surface area (Å²) in [5, 5.41) is 9.37. The highest BCUT2D eigenvalue weighted by molar-refractivity contribution is 5.91. The lowest BCUT2D eigenvalue weighted by Crippen LogP contribution is -2.30. The number of aromatic nitrogens is 1. The van der Waals surface area contributed by atoms with E-state index in [-0.39, 0.29) is 23.8 Å². The number of carbonyl (C=O) groups is 1. The van der Waals surface area contributed by atoms with Gasteiger partial charge in [-0.2, -0.15) is 0 Å². The van der Waals surface area contributed by atoms with Crippen LogP contribution in [0.4, 0.5) is 14.7 Å². The number of carbonyl (C=O) groups excluding carboxylic acids is 1. The van der Waals surface area contributed by atoms with Crippen LogP contribution < -0.4 is 10.6 Å². The number of hydrogen-bond donors (Lipinski definition) is 2. The molecule has 0 radical (unpaired) electrons. The van der Waals surface area contributed by atoms with Gasteiger partial charge in [0.2, 0.25) is 11.8 Å². The number of nitrogens with one attached hydrogen (secondary N) is 2. The number of benzene rings is 1. The zero-order chi connectivity index (χ0) is 17.9. The van der Waals surface area contributed by atoms with Crippen molar-refractivity contribution in [2.24, 2.45) is 0 Å².